The average molecular weight is 364 g/mol. The van der Waals surface area contributed by atoms with Crippen molar-refractivity contribution < 1.29 is 14.7 Å². The Bertz CT molecular complexity index is 905. The molecule has 0 unspecified atom stereocenters. The molecule has 0 saturated heterocycles. The lowest BCUT2D eigenvalue weighted by Gasteiger charge is -2.17. The molecule has 140 valence electrons. The van der Waals surface area contributed by atoms with Gasteiger partial charge in [0.1, 0.15) is 12.4 Å². The maximum absolute atomic E-state index is 12.7. The van der Waals surface area contributed by atoms with Crippen molar-refractivity contribution in [3.8, 4) is 5.69 Å². The van der Waals surface area contributed by atoms with Crippen molar-refractivity contribution >= 4 is 17.1 Å². The summed E-state index contributed by atoms with van der Waals surface area (Å²) in [5, 5.41) is 14.6. The first-order chi connectivity index (χ1) is 13.1. The van der Waals surface area contributed by atoms with Gasteiger partial charge in [-0.05, 0) is 48.8 Å². The number of aliphatic hydroxyl groups excluding tert-OH is 1. The number of benzene rings is 1. The SMILES string of the molecule is CCCC(=NOCC)C1=C(O)C=C(c2ccn(-c3ccccc3)c2)CC1=O. The average Bonchev–Trinajstić information content (AvgIpc) is 3.16. The molecule has 3 rings (SSSR count). The van der Waals surface area contributed by atoms with Crippen molar-refractivity contribution in [2.75, 3.05) is 6.61 Å². The molecule has 0 fully saturated rings. The van der Waals surface area contributed by atoms with Crippen LogP contribution in [0.15, 0.2) is 71.4 Å². The highest BCUT2D eigenvalue weighted by Gasteiger charge is 2.26. The molecule has 1 aliphatic rings. The summed E-state index contributed by atoms with van der Waals surface area (Å²) in [5.41, 5.74) is 3.54. The molecule has 5 nitrogen and oxygen atoms in total. The minimum atomic E-state index is -0.135. The molecule has 0 bridgehead atoms. The Balaban J connectivity index is 1.92. The molecule has 0 radical (unpaired) electrons. The largest absolute Gasteiger partial charge is 0.507 e. The first-order valence-electron chi connectivity index (χ1n) is 9.24. The lowest BCUT2D eigenvalue weighted by atomic mass is 9.89. The monoisotopic (exact) mass is 364 g/mol. The topological polar surface area (TPSA) is 63.8 Å². The minimum absolute atomic E-state index is 0.0411. The van der Waals surface area contributed by atoms with Crippen LogP contribution in [0.2, 0.25) is 0 Å². The van der Waals surface area contributed by atoms with E-state index >= 15 is 0 Å². The van der Waals surface area contributed by atoms with Crippen LogP contribution in [0.3, 0.4) is 0 Å². The van der Waals surface area contributed by atoms with Gasteiger partial charge in [-0.1, -0.05) is 36.7 Å². The Morgan fingerprint density at radius 3 is 2.67 bits per heavy atom. The molecule has 5 heteroatoms. The first kappa shape index (κ1) is 18.7. The number of ketones is 1. The number of rotatable bonds is 7. The van der Waals surface area contributed by atoms with E-state index in [2.05, 4.69) is 5.16 Å². The van der Waals surface area contributed by atoms with Crippen LogP contribution in [0.25, 0.3) is 11.3 Å². The normalized spacial score (nSPS) is 15.1. The van der Waals surface area contributed by atoms with E-state index in [1.165, 1.54) is 0 Å². The van der Waals surface area contributed by atoms with Crippen LogP contribution in [-0.4, -0.2) is 27.8 Å². The first-order valence-corrected chi connectivity index (χ1v) is 9.24. The van der Waals surface area contributed by atoms with E-state index in [4.69, 9.17) is 4.84 Å². The number of carbonyl (C=O) groups excluding carboxylic acids is 1. The fraction of sp³-hybridized carbons (Fsp3) is 0.273. The molecule has 1 N–H and O–H groups in total. The smallest absolute Gasteiger partial charge is 0.172 e. The molecule has 0 saturated carbocycles. The van der Waals surface area contributed by atoms with Gasteiger partial charge in [-0.2, -0.15) is 0 Å². The van der Waals surface area contributed by atoms with Gasteiger partial charge in [-0.3, -0.25) is 4.79 Å². The van der Waals surface area contributed by atoms with E-state index in [-0.39, 0.29) is 23.5 Å². The van der Waals surface area contributed by atoms with Gasteiger partial charge in [-0.25, -0.2) is 0 Å². The van der Waals surface area contributed by atoms with Crippen molar-refractivity contribution in [1.82, 2.24) is 4.57 Å². The summed E-state index contributed by atoms with van der Waals surface area (Å²) in [6, 6.07) is 11.9. The van der Waals surface area contributed by atoms with Crippen LogP contribution < -0.4 is 0 Å². The summed E-state index contributed by atoms with van der Waals surface area (Å²) in [4.78, 5) is 17.9. The zero-order valence-electron chi connectivity index (χ0n) is 15.7. The maximum atomic E-state index is 12.7. The second-order valence-corrected chi connectivity index (χ2v) is 6.38. The van der Waals surface area contributed by atoms with E-state index in [0.29, 0.717) is 18.7 Å². The Labute approximate surface area is 159 Å². The molecule has 1 aliphatic carbocycles. The molecule has 0 aliphatic heterocycles. The number of para-hydroxylation sites is 1. The van der Waals surface area contributed by atoms with Gasteiger partial charge in [0, 0.05) is 24.5 Å². The Morgan fingerprint density at radius 1 is 1.22 bits per heavy atom. The van der Waals surface area contributed by atoms with E-state index < -0.39 is 0 Å². The molecule has 0 spiro atoms. The molecule has 0 amide bonds. The van der Waals surface area contributed by atoms with Gasteiger partial charge < -0.3 is 14.5 Å². The van der Waals surface area contributed by atoms with Gasteiger partial charge in [-0.15, -0.1) is 0 Å². The van der Waals surface area contributed by atoms with E-state index in [0.717, 1.165) is 23.2 Å². The van der Waals surface area contributed by atoms with Crippen LogP contribution in [0, 0.1) is 0 Å². The van der Waals surface area contributed by atoms with E-state index in [1.807, 2.05) is 67.2 Å². The van der Waals surface area contributed by atoms with Crippen LogP contribution in [0.1, 0.15) is 38.7 Å². The highest BCUT2D eigenvalue weighted by molar-refractivity contribution is 6.25. The third-order valence-corrected chi connectivity index (χ3v) is 4.39. The number of hydrogen-bond donors (Lipinski definition) is 1. The Hall–Kier alpha value is -3.08. The lowest BCUT2D eigenvalue weighted by molar-refractivity contribution is -0.114. The zero-order valence-corrected chi connectivity index (χ0v) is 15.7. The van der Waals surface area contributed by atoms with Gasteiger partial charge in [0.05, 0.1) is 11.3 Å². The summed E-state index contributed by atoms with van der Waals surface area (Å²) in [5.74, 6) is -0.176. The number of nitrogens with zero attached hydrogens (tertiary/aromatic N) is 2. The summed E-state index contributed by atoms with van der Waals surface area (Å²) in [6.07, 6.45) is 7.20. The highest BCUT2D eigenvalue weighted by atomic mass is 16.6. The fourth-order valence-electron chi connectivity index (χ4n) is 3.13. The van der Waals surface area contributed by atoms with E-state index in [9.17, 15) is 9.90 Å². The van der Waals surface area contributed by atoms with Crippen LogP contribution in [-0.2, 0) is 9.63 Å². The minimum Gasteiger partial charge on any atom is -0.507 e. The predicted octanol–water partition coefficient (Wildman–Crippen LogP) is 4.84. The molecular weight excluding hydrogens is 340 g/mol. The summed E-state index contributed by atoms with van der Waals surface area (Å²) >= 11 is 0. The van der Waals surface area contributed by atoms with Crippen molar-refractivity contribution in [1.29, 1.82) is 0 Å². The summed E-state index contributed by atoms with van der Waals surface area (Å²) in [7, 11) is 0. The van der Waals surface area contributed by atoms with E-state index in [1.54, 1.807) is 6.08 Å². The van der Waals surface area contributed by atoms with Crippen molar-refractivity contribution in [3.63, 3.8) is 0 Å². The van der Waals surface area contributed by atoms with Crippen LogP contribution in [0.4, 0.5) is 0 Å². The number of oxime groups is 1. The highest BCUT2D eigenvalue weighted by Crippen LogP contribution is 2.30. The van der Waals surface area contributed by atoms with Crippen molar-refractivity contribution in [2.45, 2.75) is 33.1 Å². The molecule has 2 aromatic rings. The predicted molar refractivity (Wildman–Crippen MR) is 107 cm³/mol. The van der Waals surface area contributed by atoms with Crippen LogP contribution in [0.5, 0.6) is 0 Å². The maximum Gasteiger partial charge on any atom is 0.172 e. The number of aromatic nitrogens is 1. The van der Waals surface area contributed by atoms with Crippen molar-refractivity contribution in [3.05, 3.63) is 71.8 Å². The second-order valence-electron chi connectivity index (χ2n) is 6.38. The Morgan fingerprint density at radius 2 is 2.00 bits per heavy atom. The fourth-order valence-corrected chi connectivity index (χ4v) is 3.13. The number of allylic oxidation sites excluding steroid dienone is 3. The standard InChI is InChI=1S/C22H24N2O3/c1-3-8-19(23-27-4-2)22-20(25)13-17(14-21(22)26)16-11-12-24(15-16)18-9-6-5-7-10-18/h5-7,9-13,15,25H,3-4,8,14H2,1-2H3. The second kappa shape index (κ2) is 8.54. The third-order valence-electron chi connectivity index (χ3n) is 4.39. The molecule has 27 heavy (non-hydrogen) atoms. The van der Waals surface area contributed by atoms with Gasteiger partial charge in [0.25, 0.3) is 0 Å². The number of Topliss-reactive ketones (excluding diaryl/α,β-unsaturated/α-hetero) is 1. The quantitative estimate of drug-likeness (QED) is 0.565. The van der Waals surface area contributed by atoms with Gasteiger partial charge >= 0.3 is 0 Å². The summed E-state index contributed by atoms with van der Waals surface area (Å²) in [6.45, 7) is 4.25. The molecular formula is C22H24N2O3. The Kier molecular flexibility index (Phi) is 5.91. The molecule has 1 aromatic carbocycles. The van der Waals surface area contributed by atoms with Crippen molar-refractivity contribution in [2.24, 2.45) is 5.16 Å². The lowest BCUT2D eigenvalue weighted by Crippen LogP contribution is -2.19. The number of carbonyl (C=O) groups is 1. The number of hydrogen-bond acceptors (Lipinski definition) is 4. The summed E-state index contributed by atoms with van der Waals surface area (Å²) < 4.78 is 2.00. The third kappa shape index (κ3) is 4.19. The van der Waals surface area contributed by atoms with Crippen LogP contribution >= 0.6 is 0 Å². The zero-order chi connectivity index (χ0) is 19.2. The molecule has 1 aromatic heterocycles. The molecule has 1 heterocycles. The van der Waals surface area contributed by atoms with Gasteiger partial charge in [0.15, 0.2) is 5.78 Å². The van der Waals surface area contributed by atoms with Gasteiger partial charge in [0.2, 0.25) is 0 Å². The number of aliphatic hydroxyl groups is 1. The molecule has 0 atom stereocenters.